The van der Waals surface area contributed by atoms with Crippen LogP contribution in [-0.4, -0.2) is 60.7 Å². The van der Waals surface area contributed by atoms with Crippen molar-refractivity contribution in [1.82, 2.24) is 0 Å². The molecule has 0 bridgehead atoms. The van der Waals surface area contributed by atoms with E-state index in [2.05, 4.69) is 4.74 Å². The number of hydrogen-bond acceptors (Lipinski definition) is 6. The van der Waals surface area contributed by atoms with Gasteiger partial charge in [-0.15, -0.1) is 0 Å². The first-order chi connectivity index (χ1) is 19.3. The van der Waals surface area contributed by atoms with Crippen molar-refractivity contribution >= 4 is 21.0 Å². The lowest BCUT2D eigenvalue weighted by molar-refractivity contribution is -0.373. The minimum absolute atomic E-state index is 0.150. The fourth-order valence-electron chi connectivity index (χ4n) is 3.24. The Labute approximate surface area is 235 Å². The minimum Gasteiger partial charge on any atom is -0.743 e. The molecule has 0 aromatic heterocycles. The van der Waals surface area contributed by atoms with Gasteiger partial charge in [-0.05, 0) is 60.7 Å². The second-order valence-corrected chi connectivity index (χ2v) is 12.0. The van der Waals surface area contributed by atoms with Crippen LogP contribution >= 0.6 is 0 Å². The first kappa shape index (κ1) is 33.4. The molecule has 0 aliphatic heterocycles. The van der Waals surface area contributed by atoms with Crippen LogP contribution in [0.25, 0.3) is 0 Å². The fourth-order valence-corrected chi connectivity index (χ4v) is 5.69. The molecule has 0 fully saturated rings. The van der Waals surface area contributed by atoms with Crippen molar-refractivity contribution in [3.8, 4) is 11.5 Å². The van der Waals surface area contributed by atoms with Gasteiger partial charge in [-0.1, -0.05) is 18.2 Å². The standard InChI is InChI=1S/C25H19F9O6S2/c26-21(23(27,28)42(36,37)38)14-39-16-6-10-19(11-7-16)41(18-4-2-1-3-5-18)20-12-8-17(9-13-20)40-15-22(35,24(29,30)31)25(32,33)34/h1-13,21,35H,14-15H2. The smallest absolute Gasteiger partial charge is 0.429 e. The van der Waals surface area contributed by atoms with Crippen LogP contribution in [0.4, 0.5) is 39.5 Å². The van der Waals surface area contributed by atoms with Crippen LogP contribution in [0.3, 0.4) is 0 Å². The van der Waals surface area contributed by atoms with Crippen LogP contribution in [0.5, 0.6) is 11.5 Å². The van der Waals surface area contributed by atoms with Gasteiger partial charge in [0.15, 0.2) is 24.8 Å². The Hall–Kier alpha value is -3.15. The summed E-state index contributed by atoms with van der Waals surface area (Å²) in [7, 11) is -7.23. The normalized spacial score (nSPS) is 14.7. The number of aliphatic hydroxyl groups is 1. The molecule has 0 saturated heterocycles. The Bertz CT molecular complexity index is 1420. The number of alkyl halides is 9. The van der Waals surface area contributed by atoms with Gasteiger partial charge in [-0.25, -0.2) is 12.8 Å². The second-order valence-electron chi connectivity index (χ2n) is 8.50. The molecule has 3 aromatic rings. The summed E-state index contributed by atoms with van der Waals surface area (Å²) in [4.78, 5) is 1.76. The maximum Gasteiger partial charge on any atom is 0.429 e. The van der Waals surface area contributed by atoms with Crippen LogP contribution < -0.4 is 9.47 Å². The van der Waals surface area contributed by atoms with E-state index in [1.54, 1.807) is 30.3 Å². The molecule has 17 heteroatoms. The van der Waals surface area contributed by atoms with E-state index < -0.39 is 69.4 Å². The predicted molar refractivity (Wildman–Crippen MR) is 129 cm³/mol. The third-order valence-electron chi connectivity index (χ3n) is 5.58. The maximum atomic E-state index is 13.7. The SMILES string of the molecule is O=S(=O)([O-])C(F)(F)C(F)COc1ccc([S+](c2ccccc2)c2ccc(OCC(O)(C(F)(F)F)C(F)(F)F)cc2)cc1. The van der Waals surface area contributed by atoms with E-state index >= 15 is 0 Å². The fraction of sp³-hybridized carbons (Fsp3) is 0.280. The van der Waals surface area contributed by atoms with Crippen molar-refractivity contribution in [1.29, 1.82) is 0 Å². The van der Waals surface area contributed by atoms with Crippen molar-refractivity contribution < 1.29 is 67.1 Å². The molecule has 42 heavy (non-hydrogen) atoms. The Balaban J connectivity index is 1.82. The predicted octanol–water partition coefficient (Wildman–Crippen LogP) is 5.87. The van der Waals surface area contributed by atoms with Gasteiger partial charge in [0.2, 0.25) is 6.17 Å². The third kappa shape index (κ3) is 7.25. The topological polar surface area (TPSA) is 95.9 Å². The summed E-state index contributed by atoms with van der Waals surface area (Å²) >= 11 is 0. The highest BCUT2D eigenvalue weighted by Gasteiger charge is 2.71. The highest BCUT2D eigenvalue weighted by molar-refractivity contribution is 7.97. The summed E-state index contributed by atoms with van der Waals surface area (Å²) in [5.41, 5.74) is -5.10. The van der Waals surface area contributed by atoms with Gasteiger partial charge in [0, 0.05) is 0 Å². The van der Waals surface area contributed by atoms with Gasteiger partial charge in [0.1, 0.15) is 24.7 Å². The molecule has 2 unspecified atom stereocenters. The van der Waals surface area contributed by atoms with Crippen molar-refractivity contribution in [2.45, 2.75) is 44.1 Å². The number of rotatable bonds is 11. The van der Waals surface area contributed by atoms with E-state index in [1.807, 2.05) is 0 Å². The van der Waals surface area contributed by atoms with Gasteiger partial charge in [0.05, 0.1) is 10.9 Å². The first-order valence-electron chi connectivity index (χ1n) is 11.4. The molecule has 2 atom stereocenters. The number of halogens is 9. The Morgan fingerprint density at radius 2 is 1.12 bits per heavy atom. The molecule has 3 rings (SSSR count). The lowest BCUT2D eigenvalue weighted by atomic mass is 10.0. The van der Waals surface area contributed by atoms with Gasteiger partial charge in [-0.3, -0.25) is 0 Å². The zero-order valence-electron chi connectivity index (χ0n) is 20.7. The van der Waals surface area contributed by atoms with E-state index in [0.29, 0.717) is 14.7 Å². The van der Waals surface area contributed by atoms with E-state index in [0.717, 1.165) is 12.1 Å². The zero-order valence-corrected chi connectivity index (χ0v) is 22.3. The monoisotopic (exact) mass is 650 g/mol. The molecule has 230 valence electrons. The Morgan fingerprint density at radius 3 is 1.52 bits per heavy atom. The van der Waals surface area contributed by atoms with Gasteiger partial charge in [-0.2, -0.15) is 35.1 Å². The van der Waals surface area contributed by atoms with Crippen LogP contribution in [0, 0.1) is 0 Å². The first-order valence-corrected chi connectivity index (χ1v) is 14.0. The highest BCUT2D eigenvalue weighted by atomic mass is 32.2. The molecule has 3 aromatic carbocycles. The van der Waals surface area contributed by atoms with E-state index in [-0.39, 0.29) is 5.75 Å². The number of ether oxygens (including phenoxy) is 2. The van der Waals surface area contributed by atoms with Crippen LogP contribution in [-0.2, 0) is 21.0 Å². The summed E-state index contributed by atoms with van der Waals surface area (Å²) in [6.07, 6.45) is -15.6. The molecule has 0 radical (unpaired) electrons. The van der Waals surface area contributed by atoms with E-state index in [4.69, 9.17) is 4.74 Å². The maximum absolute atomic E-state index is 13.7. The quantitative estimate of drug-likeness (QED) is 0.159. The number of hydrogen-bond donors (Lipinski definition) is 1. The summed E-state index contributed by atoms with van der Waals surface area (Å²) in [6, 6.07) is 18.9. The van der Waals surface area contributed by atoms with E-state index in [9.17, 15) is 57.6 Å². The second kappa shape index (κ2) is 12.2. The van der Waals surface area contributed by atoms with Gasteiger partial charge in [0.25, 0.3) is 5.60 Å². The van der Waals surface area contributed by atoms with Gasteiger partial charge < -0.3 is 19.1 Å². The van der Waals surface area contributed by atoms with Crippen molar-refractivity contribution in [2.75, 3.05) is 13.2 Å². The molecule has 0 aliphatic rings. The van der Waals surface area contributed by atoms with E-state index in [1.165, 1.54) is 36.4 Å². The average Bonchev–Trinajstić information content (AvgIpc) is 2.90. The van der Waals surface area contributed by atoms with Crippen molar-refractivity contribution in [3.63, 3.8) is 0 Å². The van der Waals surface area contributed by atoms with Crippen LogP contribution in [0.2, 0.25) is 0 Å². The Kier molecular flexibility index (Phi) is 9.71. The molecule has 0 spiro atoms. The molecule has 0 saturated carbocycles. The molecular formula is C25H19F9O6S2. The molecule has 0 heterocycles. The minimum atomic E-state index is -6.27. The molecular weight excluding hydrogens is 631 g/mol. The van der Waals surface area contributed by atoms with Crippen LogP contribution in [0.1, 0.15) is 0 Å². The number of benzene rings is 3. The molecule has 0 amide bonds. The summed E-state index contributed by atoms with van der Waals surface area (Å²) in [5, 5.41) is 4.06. The molecule has 0 aliphatic carbocycles. The van der Waals surface area contributed by atoms with Crippen molar-refractivity contribution in [2.24, 2.45) is 0 Å². The van der Waals surface area contributed by atoms with Crippen LogP contribution in [0.15, 0.2) is 93.5 Å². The Morgan fingerprint density at radius 1 is 0.714 bits per heavy atom. The van der Waals surface area contributed by atoms with Gasteiger partial charge >= 0.3 is 17.6 Å². The summed E-state index contributed by atoms with van der Waals surface area (Å²) < 4.78 is 159. The summed E-state index contributed by atoms with van der Waals surface area (Å²) in [5.74, 6) is -0.550. The van der Waals surface area contributed by atoms with Crippen molar-refractivity contribution in [3.05, 3.63) is 78.9 Å². The lowest BCUT2D eigenvalue weighted by Gasteiger charge is -2.31. The third-order valence-corrected chi connectivity index (χ3v) is 8.73. The lowest BCUT2D eigenvalue weighted by Crippen LogP contribution is -2.60. The average molecular weight is 651 g/mol. The highest BCUT2D eigenvalue weighted by Crippen LogP contribution is 2.43. The molecule has 6 nitrogen and oxygen atoms in total. The summed E-state index contributed by atoms with van der Waals surface area (Å²) in [6.45, 7) is -3.59. The largest absolute Gasteiger partial charge is 0.743 e. The molecule has 1 N–H and O–H groups in total. The zero-order chi connectivity index (χ0) is 31.6.